The number of hydrogen-bond donors (Lipinski definition) is 0. The second-order valence-electron chi connectivity index (χ2n) is 5.24. The lowest BCUT2D eigenvalue weighted by atomic mass is 10.2. The summed E-state index contributed by atoms with van der Waals surface area (Å²) in [6.45, 7) is 2.18. The van der Waals surface area contributed by atoms with Crippen LogP contribution in [-0.2, 0) is 7.05 Å². The Morgan fingerprint density at radius 2 is 1.70 bits per heavy atom. The van der Waals surface area contributed by atoms with E-state index in [0.717, 1.165) is 22.3 Å². The van der Waals surface area contributed by atoms with Crippen molar-refractivity contribution in [3.05, 3.63) is 60.2 Å². The maximum atomic E-state index is 5.43. The van der Waals surface area contributed by atoms with Crippen LogP contribution in [0.4, 0.5) is 0 Å². The molecule has 0 N–H and O–H groups in total. The molecule has 2 aromatic carbocycles. The molecule has 0 radical (unpaired) electrons. The number of rotatable bonds is 5. The molecule has 23 heavy (non-hydrogen) atoms. The highest BCUT2D eigenvalue weighted by molar-refractivity contribution is 7.99. The summed E-state index contributed by atoms with van der Waals surface area (Å²) in [5, 5.41) is 9.91. The van der Waals surface area contributed by atoms with Crippen LogP contribution in [0.1, 0.15) is 17.7 Å². The van der Waals surface area contributed by atoms with Gasteiger partial charge < -0.3 is 9.30 Å². The van der Waals surface area contributed by atoms with E-state index in [-0.39, 0.29) is 0 Å². The van der Waals surface area contributed by atoms with Crippen molar-refractivity contribution in [1.29, 1.82) is 0 Å². The van der Waals surface area contributed by atoms with E-state index in [0.29, 0.717) is 5.25 Å². The molecule has 1 heterocycles. The van der Waals surface area contributed by atoms with Gasteiger partial charge >= 0.3 is 0 Å². The van der Waals surface area contributed by atoms with Crippen molar-refractivity contribution in [2.75, 3.05) is 7.11 Å². The third-order valence-electron chi connectivity index (χ3n) is 3.73. The van der Waals surface area contributed by atoms with Crippen LogP contribution in [0, 0.1) is 0 Å². The van der Waals surface area contributed by atoms with Gasteiger partial charge in [-0.25, -0.2) is 0 Å². The van der Waals surface area contributed by atoms with Crippen LogP contribution in [0.15, 0.2) is 59.8 Å². The van der Waals surface area contributed by atoms with E-state index in [1.165, 1.54) is 5.56 Å². The molecular formula is C18H19N3OS. The summed E-state index contributed by atoms with van der Waals surface area (Å²) in [6.07, 6.45) is 0. The summed E-state index contributed by atoms with van der Waals surface area (Å²) in [4.78, 5) is 0. The molecule has 3 aromatic rings. The van der Waals surface area contributed by atoms with Gasteiger partial charge in [-0.1, -0.05) is 54.2 Å². The third kappa shape index (κ3) is 3.24. The molecule has 3 rings (SSSR count). The predicted molar refractivity (Wildman–Crippen MR) is 93.7 cm³/mol. The highest BCUT2D eigenvalue weighted by Gasteiger charge is 2.17. The number of hydrogen-bond acceptors (Lipinski definition) is 4. The molecule has 0 saturated heterocycles. The molecule has 0 aliphatic rings. The van der Waals surface area contributed by atoms with Gasteiger partial charge in [-0.2, -0.15) is 0 Å². The van der Waals surface area contributed by atoms with Crippen LogP contribution < -0.4 is 4.74 Å². The van der Waals surface area contributed by atoms with Crippen molar-refractivity contribution in [2.45, 2.75) is 17.3 Å². The van der Waals surface area contributed by atoms with Gasteiger partial charge in [-0.05, 0) is 24.6 Å². The molecule has 1 unspecified atom stereocenters. The Balaban J connectivity index is 1.88. The maximum Gasteiger partial charge on any atom is 0.191 e. The monoisotopic (exact) mass is 325 g/mol. The zero-order valence-corrected chi connectivity index (χ0v) is 14.2. The second-order valence-corrected chi connectivity index (χ2v) is 6.54. The zero-order chi connectivity index (χ0) is 16.2. The van der Waals surface area contributed by atoms with Crippen molar-refractivity contribution in [2.24, 2.45) is 7.05 Å². The fourth-order valence-electron chi connectivity index (χ4n) is 2.43. The molecule has 0 bridgehead atoms. The Hall–Kier alpha value is -2.27. The SMILES string of the molecule is COc1ccccc1-c1nnc(SC(C)c2ccccc2)n1C. The first-order chi connectivity index (χ1) is 11.2. The highest BCUT2D eigenvalue weighted by Crippen LogP contribution is 2.36. The highest BCUT2D eigenvalue weighted by atomic mass is 32.2. The van der Waals surface area contributed by atoms with Crippen molar-refractivity contribution >= 4 is 11.8 Å². The lowest BCUT2D eigenvalue weighted by molar-refractivity contribution is 0.416. The Morgan fingerprint density at radius 1 is 1.00 bits per heavy atom. The first kappa shape index (κ1) is 15.6. The van der Waals surface area contributed by atoms with Gasteiger partial charge in [0.15, 0.2) is 11.0 Å². The molecule has 118 valence electrons. The standard InChI is InChI=1S/C18H19N3OS/c1-13(14-9-5-4-6-10-14)23-18-20-19-17(21(18)2)15-11-7-8-12-16(15)22-3/h4-13H,1-3H3. The third-order valence-corrected chi connectivity index (χ3v) is 4.93. The topological polar surface area (TPSA) is 39.9 Å². The number of thioether (sulfide) groups is 1. The van der Waals surface area contributed by atoms with Crippen LogP contribution in [0.2, 0.25) is 0 Å². The minimum absolute atomic E-state index is 0.310. The summed E-state index contributed by atoms with van der Waals surface area (Å²) in [6, 6.07) is 18.3. The average molecular weight is 325 g/mol. The summed E-state index contributed by atoms with van der Waals surface area (Å²) in [5.74, 6) is 1.61. The van der Waals surface area contributed by atoms with Crippen molar-refractivity contribution in [1.82, 2.24) is 14.8 Å². The summed E-state index contributed by atoms with van der Waals surface area (Å²) in [5.41, 5.74) is 2.23. The average Bonchev–Trinajstić information content (AvgIpc) is 2.96. The fraction of sp³-hybridized carbons (Fsp3) is 0.222. The van der Waals surface area contributed by atoms with Crippen LogP contribution in [0.3, 0.4) is 0 Å². The number of ether oxygens (including phenoxy) is 1. The Kier molecular flexibility index (Phi) is 4.67. The summed E-state index contributed by atoms with van der Waals surface area (Å²) in [7, 11) is 3.66. The minimum Gasteiger partial charge on any atom is -0.496 e. The maximum absolute atomic E-state index is 5.43. The van der Waals surface area contributed by atoms with Crippen molar-refractivity contribution < 1.29 is 4.74 Å². The van der Waals surface area contributed by atoms with E-state index in [4.69, 9.17) is 4.74 Å². The van der Waals surface area contributed by atoms with E-state index < -0.39 is 0 Å². The Labute approximate surface area is 140 Å². The number of benzene rings is 2. The van der Waals surface area contributed by atoms with Crippen LogP contribution in [0.25, 0.3) is 11.4 Å². The number of para-hydroxylation sites is 1. The Morgan fingerprint density at radius 3 is 2.43 bits per heavy atom. The minimum atomic E-state index is 0.310. The number of methoxy groups -OCH3 is 1. The van der Waals surface area contributed by atoms with Gasteiger partial charge in [-0.15, -0.1) is 10.2 Å². The van der Waals surface area contributed by atoms with Crippen LogP contribution in [-0.4, -0.2) is 21.9 Å². The fourth-order valence-corrected chi connectivity index (χ4v) is 3.37. The van der Waals surface area contributed by atoms with Gasteiger partial charge in [0.25, 0.3) is 0 Å². The first-order valence-electron chi connectivity index (χ1n) is 7.45. The molecule has 1 aromatic heterocycles. The normalized spacial score (nSPS) is 12.1. The van der Waals surface area contributed by atoms with Gasteiger partial charge in [0.05, 0.1) is 12.7 Å². The molecule has 0 aliphatic carbocycles. The van der Waals surface area contributed by atoms with Gasteiger partial charge in [0.1, 0.15) is 5.75 Å². The molecule has 4 nitrogen and oxygen atoms in total. The first-order valence-corrected chi connectivity index (χ1v) is 8.33. The van der Waals surface area contributed by atoms with Gasteiger partial charge in [0, 0.05) is 12.3 Å². The molecule has 0 spiro atoms. The summed E-state index contributed by atoms with van der Waals surface area (Å²) < 4.78 is 7.44. The lowest BCUT2D eigenvalue weighted by Gasteiger charge is -2.11. The van der Waals surface area contributed by atoms with Crippen molar-refractivity contribution in [3.63, 3.8) is 0 Å². The second kappa shape index (κ2) is 6.87. The molecule has 0 amide bonds. The molecule has 0 fully saturated rings. The molecule has 0 aliphatic heterocycles. The predicted octanol–water partition coefficient (Wildman–Crippen LogP) is 4.34. The number of aromatic nitrogens is 3. The quantitative estimate of drug-likeness (QED) is 0.654. The molecular weight excluding hydrogens is 306 g/mol. The lowest BCUT2D eigenvalue weighted by Crippen LogP contribution is -1.98. The van der Waals surface area contributed by atoms with Gasteiger partial charge in [-0.3, -0.25) is 0 Å². The van der Waals surface area contributed by atoms with Crippen LogP contribution in [0.5, 0.6) is 5.75 Å². The van der Waals surface area contributed by atoms with E-state index in [1.54, 1.807) is 18.9 Å². The molecule has 1 atom stereocenters. The van der Waals surface area contributed by atoms with Gasteiger partial charge in [0.2, 0.25) is 0 Å². The Bertz CT molecular complexity index is 786. The van der Waals surface area contributed by atoms with Crippen molar-refractivity contribution in [3.8, 4) is 17.1 Å². The molecule has 0 saturated carbocycles. The smallest absolute Gasteiger partial charge is 0.191 e. The van der Waals surface area contributed by atoms with Crippen LogP contribution >= 0.6 is 11.8 Å². The van der Waals surface area contributed by atoms with E-state index in [1.807, 2.05) is 41.9 Å². The largest absolute Gasteiger partial charge is 0.496 e. The summed E-state index contributed by atoms with van der Waals surface area (Å²) >= 11 is 1.70. The van der Waals surface area contributed by atoms with E-state index >= 15 is 0 Å². The number of nitrogens with zero attached hydrogens (tertiary/aromatic N) is 3. The van der Waals surface area contributed by atoms with E-state index in [2.05, 4.69) is 41.4 Å². The van der Waals surface area contributed by atoms with E-state index in [9.17, 15) is 0 Å². The zero-order valence-electron chi connectivity index (χ0n) is 13.4. The molecule has 5 heteroatoms.